The van der Waals surface area contributed by atoms with Gasteiger partial charge in [0.1, 0.15) is 11.6 Å². The van der Waals surface area contributed by atoms with Crippen LogP contribution in [-0.2, 0) is 4.74 Å². The van der Waals surface area contributed by atoms with Crippen LogP contribution in [0.3, 0.4) is 0 Å². The fraction of sp³-hybridized carbons (Fsp3) is 0.444. The molecule has 0 bridgehead atoms. The summed E-state index contributed by atoms with van der Waals surface area (Å²) < 4.78 is 48.3. The summed E-state index contributed by atoms with van der Waals surface area (Å²) in [5.41, 5.74) is 0.262. The molecule has 2 aromatic rings. The van der Waals surface area contributed by atoms with Crippen LogP contribution >= 0.6 is 11.8 Å². The van der Waals surface area contributed by atoms with Gasteiger partial charge < -0.3 is 14.4 Å². The Kier molecular flexibility index (Phi) is 6.50. The number of hydrogen-bond acceptors (Lipinski definition) is 6. The van der Waals surface area contributed by atoms with Gasteiger partial charge in [0.15, 0.2) is 11.8 Å². The van der Waals surface area contributed by atoms with Crippen molar-refractivity contribution in [3.8, 4) is 11.4 Å². The molecular weight excluding hydrogens is 395 g/mol. The van der Waals surface area contributed by atoms with E-state index in [1.807, 2.05) is 11.8 Å². The quantitative estimate of drug-likeness (QED) is 0.534. The lowest BCUT2D eigenvalue weighted by Gasteiger charge is -2.28. The minimum atomic E-state index is -4.40. The summed E-state index contributed by atoms with van der Waals surface area (Å²) >= 11 is 1.42. The number of aromatic nitrogens is 2. The number of benzene rings is 1. The Labute approximate surface area is 164 Å². The molecule has 1 aliphatic rings. The molecule has 152 valence electrons. The van der Waals surface area contributed by atoms with Gasteiger partial charge in [0.05, 0.1) is 18.9 Å². The molecule has 10 heteroatoms. The first kappa shape index (κ1) is 20.5. The van der Waals surface area contributed by atoms with Crippen LogP contribution in [0.5, 0.6) is 5.75 Å². The number of nitrogens with zero attached hydrogens (tertiary/aromatic N) is 3. The fourth-order valence-corrected chi connectivity index (χ4v) is 3.46. The second-order valence-electron chi connectivity index (χ2n) is 6.00. The second-order valence-corrected chi connectivity index (χ2v) is 7.23. The Morgan fingerprint density at radius 1 is 1.21 bits per heavy atom. The zero-order valence-corrected chi connectivity index (χ0v) is 16.1. The summed E-state index contributed by atoms with van der Waals surface area (Å²) in [6, 6.07) is 7.37. The van der Waals surface area contributed by atoms with Crippen LogP contribution in [0.1, 0.15) is 6.92 Å². The third-order valence-electron chi connectivity index (χ3n) is 3.98. The highest BCUT2D eigenvalue weighted by molar-refractivity contribution is 7.99. The van der Waals surface area contributed by atoms with Crippen molar-refractivity contribution in [3.63, 3.8) is 0 Å². The topological polar surface area (TPSA) is 56.6 Å². The standard InChI is InChI=1S/C18H20F3N3O3S/c1-2-28-17-22-15(23-7-9-26-10-8-23)11-16(25)24(17)13-3-5-14(6-4-13)27-12-18(19,20)21/h3-6,11H,2,7-10,12H2,1H3. The van der Waals surface area contributed by atoms with Gasteiger partial charge >= 0.3 is 6.18 Å². The van der Waals surface area contributed by atoms with Crippen LogP contribution in [0.4, 0.5) is 19.0 Å². The number of alkyl halides is 3. The van der Waals surface area contributed by atoms with Crippen LogP contribution in [0, 0.1) is 0 Å². The number of halogens is 3. The van der Waals surface area contributed by atoms with Crippen molar-refractivity contribution in [2.75, 3.05) is 43.6 Å². The maximum atomic E-state index is 12.8. The zero-order valence-electron chi connectivity index (χ0n) is 15.2. The molecule has 0 amide bonds. The van der Waals surface area contributed by atoms with Crippen molar-refractivity contribution >= 4 is 17.6 Å². The molecule has 0 unspecified atom stereocenters. The highest BCUT2D eigenvalue weighted by Gasteiger charge is 2.28. The summed E-state index contributed by atoms with van der Waals surface area (Å²) in [7, 11) is 0. The van der Waals surface area contributed by atoms with Crippen molar-refractivity contribution in [3.05, 3.63) is 40.7 Å². The van der Waals surface area contributed by atoms with Gasteiger partial charge in [-0.15, -0.1) is 0 Å². The van der Waals surface area contributed by atoms with Crippen LogP contribution in [0.25, 0.3) is 5.69 Å². The molecule has 1 aromatic carbocycles. The number of hydrogen-bond donors (Lipinski definition) is 0. The van der Waals surface area contributed by atoms with Gasteiger partial charge in [0, 0.05) is 19.2 Å². The van der Waals surface area contributed by atoms with Gasteiger partial charge in [-0.2, -0.15) is 13.2 Å². The van der Waals surface area contributed by atoms with Crippen LogP contribution in [0.15, 0.2) is 40.3 Å². The fourth-order valence-electron chi connectivity index (χ4n) is 2.72. The normalized spacial score (nSPS) is 14.9. The summed E-state index contributed by atoms with van der Waals surface area (Å²) in [4.78, 5) is 19.4. The highest BCUT2D eigenvalue weighted by atomic mass is 32.2. The van der Waals surface area contributed by atoms with E-state index in [1.54, 1.807) is 12.1 Å². The van der Waals surface area contributed by atoms with Gasteiger partial charge in [-0.05, 0) is 30.0 Å². The largest absolute Gasteiger partial charge is 0.484 e. The number of anilines is 1. The first-order valence-electron chi connectivity index (χ1n) is 8.77. The predicted octanol–water partition coefficient (Wildman–Crippen LogP) is 3.12. The van der Waals surface area contributed by atoms with Crippen molar-refractivity contribution < 1.29 is 22.6 Å². The first-order valence-corrected chi connectivity index (χ1v) is 9.75. The average molecular weight is 415 g/mol. The van der Waals surface area contributed by atoms with Crippen molar-refractivity contribution in [2.45, 2.75) is 18.3 Å². The number of thioether (sulfide) groups is 1. The Morgan fingerprint density at radius 3 is 2.50 bits per heavy atom. The van der Waals surface area contributed by atoms with Gasteiger partial charge in [-0.3, -0.25) is 9.36 Å². The minimum absolute atomic E-state index is 0.0803. The van der Waals surface area contributed by atoms with Crippen LogP contribution in [-0.4, -0.2) is 54.4 Å². The van der Waals surface area contributed by atoms with Gasteiger partial charge in [0.25, 0.3) is 5.56 Å². The summed E-state index contributed by atoms with van der Waals surface area (Å²) in [6.07, 6.45) is -4.40. The number of morpholine rings is 1. The summed E-state index contributed by atoms with van der Waals surface area (Å²) in [6.45, 7) is 3.09. The molecule has 0 radical (unpaired) electrons. The Bertz CT molecular complexity index is 850. The van der Waals surface area contributed by atoms with E-state index in [1.165, 1.54) is 34.5 Å². The molecule has 0 spiro atoms. The summed E-state index contributed by atoms with van der Waals surface area (Å²) in [5, 5.41) is 0.528. The molecular formula is C18H20F3N3O3S. The summed E-state index contributed by atoms with van der Waals surface area (Å²) in [5.74, 6) is 1.40. The van der Waals surface area contributed by atoms with Crippen LogP contribution < -0.4 is 15.2 Å². The molecule has 3 rings (SSSR count). The molecule has 0 aliphatic carbocycles. The van der Waals surface area contributed by atoms with E-state index in [4.69, 9.17) is 9.47 Å². The molecule has 1 aromatic heterocycles. The molecule has 1 saturated heterocycles. The molecule has 0 saturated carbocycles. The van der Waals surface area contributed by atoms with Gasteiger partial charge in [-0.25, -0.2) is 4.98 Å². The SMILES string of the molecule is CCSc1nc(N2CCOCC2)cc(=O)n1-c1ccc(OCC(F)(F)F)cc1. The van der Waals surface area contributed by atoms with Crippen molar-refractivity contribution in [1.82, 2.24) is 9.55 Å². The third kappa shape index (κ3) is 5.20. The Morgan fingerprint density at radius 2 is 1.89 bits per heavy atom. The zero-order chi connectivity index (χ0) is 20.1. The van der Waals surface area contributed by atoms with E-state index in [0.717, 1.165) is 0 Å². The van der Waals surface area contributed by atoms with E-state index >= 15 is 0 Å². The molecule has 0 N–H and O–H groups in total. The molecule has 0 atom stereocenters. The lowest BCUT2D eigenvalue weighted by Crippen LogP contribution is -2.38. The molecule has 1 aliphatic heterocycles. The Balaban J connectivity index is 1.88. The Hall–Kier alpha value is -2.20. The van der Waals surface area contributed by atoms with Crippen molar-refractivity contribution in [2.24, 2.45) is 0 Å². The van der Waals surface area contributed by atoms with E-state index in [0.29, 0.717) is 48.7 Å². The number of ether oxygens (including phenoxy) is 2. The molecule has 1 fully saturated rings. The van der Waals surface area contributed by atoms with Crippen molar-refractivity contribution in [1.29, 1.82) is 0 Å². The maximum Gasteiger partial charge on any atom is 0.422 e. The second kappa shape index (κ2) is 8.87. The van der Waals surface area contributed by atoms with E-state index in [9.17, 15) is 18.0 Å². The predicted molar refractivity (Wildman–Crippen MR) is 101 cm³/mol. The van der Waals surface area contributed by atoms with E-state index < -0.39 is 12.8 Å². The first-order chi connectivity index (χ1) is 13.4. The molecule has 28 heavy (non-hydrogen) atoms. The smallest absolute Gasteiger partial charge is 0.422 e. The van der Waals surface area contributed by atoms with Gasteiger partial charge in [0.2, 0.25) is 0 Å². The molecule has 6 nitrogen and oxygen atoms in total. The number of rotatable bonds is 6. The maximum absolute atomic E-state index is 12.8. The lowest BCUT2D eigenvalue weighted by atomic mass is 10.3. The van der Waals surface area contributed by atoms with E-state index in [2.05, 4.69) is 4.98 Å². The van der Waals surface area contributed by atoms with Crippen LogP contribution in [0.2, 0.25) is 0 Å². The van der Waals surface area contributed by atoms with Gasteiger partial charge in [-0.1, -0.05) is 18.7 Å². The highest BCUT2D eigenvalue weighted by Crippen LogP contribution is 2.24. The molecule has 2 heterocycles. The van der Waals surface area contributed by atoms with E-state index in [-0.39, 0.29) is 11.3 Å². The average Bonchev–Trinajstić information content (AvgIpc) is 2.67. The minimum Gasteiger partial charge on any atom is -0.484 e. The lowest BCUT2D eigenvalue weighted by molar-refractivity contribution is -0.153. The third-order valence-corrected chi connectivity index (χ3v) is 4.80. The monoisotopic (exact) mass is 415 g/mol.